The van der Waals surface area contributed by atoms with Crippen LogP contribution in [0.15, 0.2) is 40.9 Å². The van der Waals surface area contributed by atoms with E-state index in [1.54, 1.807) is 0 Å². The number of halogens is 1. The molecule has 0 saturated heterocycles. The Kier molecular flexibility index (Phi) is 4.79. The van der Waals surface area contributed by atoms with Crippen LogP contribution in [0.2, 0.25) is 0 Å². The monoisotopic (exact) mass is 357 g/mol. The molecule has 1 aliphatic rings. The first-order valence-electron chi connectivity index (χ1n) is 8.04. The van der Waals surface area contributed by atoms with E-state index in [0.717, 1.165) is 23.3 Å². The van der Waals surface area contributed by atoms with E-state index in [4.69, 9.17) is 15.0 Å². The number of benzene rings is 2. The first kappa shape index (κ1) is 17.5. The maximum absolute atomic E-state index is 6.00. The van der Waals surface area contributed by atoms with Crippen LogP contribution in [0.1, 0.15) is 34.2 Å². The molecule has 3 aromatic rings. The Morgan fingerprint density at radius 2 is 1.84 bits per heavy atom. The summed E-state index contributed by atoms with van der Waals surface area (Å²) >= 11 is 0. The lowest BCUT2D eigenvalue weighted by atomic mass is 10.0. The molecular weight excluding hydrogens is 338 g/mol. The van der Waals surface area contributed by atoms with Gasteiger partial charge < -0.3 is 15.0 Å². The largest absolute Gasteiger partial charge is 0.480 e. The molecule has 1 aromatic heterocycles. The Labute approximate surface area is 152 Å². The third-order valence-corrected chi connectivity index (χ3v) is 4.52. The summed E-state index contributed by atoms with van der Waals surface area (Å²) in [6.45, 7) is 4.71. The van der Waals surface area contributed by atoms with Gasteiger partial charge in [-0.25, -0.2) is 0 Å². The third kappa shape index (κ3) is 3.25. The van der Waals surface area contributed by atoms with Crippen LogP contribution >= 0.6 is 12.4 Å². The summed E-state index contributed by atoms with van der Waals surface area (Å²) in [5.74, 6) is 2.00. The van der Waals surface area contributed by atoms with Crippen LogP contribution in [-0.4, -0.2) is 10.1 Å². The van der Waals surface area contributed by atoms with Gasteiger partial charge in [-0.15, -0.1) is 12.4 Å². The summed E-state index contributed by atoms with van der Waals surface area (Å²) in [5, 5.41) is 4.09. The van der Waals surface area contributed by atoms with Crippen LogP contribution in [0.25, 0.3) is 11.4 Å². The molecule has 1 atom stereocenters. The number of nitrogens with two attached hydrogens (primary N) is 1. The Balaban J connectivity index is 0.00000182. The highest BCUT2D eigenvalue weighted by molar-refractivity contribution is 5.85. The number of ether oxygens (including phenoxy) is 1. The predicted octanol–water partition coefficient (Wildman–Crippen LogP) is 3.91. The summed E-state index contributed by atoms with van der Waals surface area (Å²) in [6, 6.07) is 12.1. The molecule has 0 bridgehead atoms. The minimum atomic E-state index is -0.217. The number of hydrogen-bond donors (Lipinski definition) is 1. The lowest BCUT2D eigenvalue weighted by Gasteiger charge is -2.05. The fourth-order valence-corrected chi connectivity index (χ4v) is 2.92. The van der Waals surface area contributed by atoms with E-state index in [1.165, 1.54) is 16.7 Å². The number of hydrogen-bond acceptors (Lipinski definition) is 5. The molecule has 1 unspecified atom stereocenters. The van der Waals surface area contributed by atoms with E-state index >= 15 is 0 Å². The molecule has 5 nitrogen and oxygen atoms in total. The summed E-state index contributed by atoms with van der Waals surface area (Å²) in [5.41, 5.74) is 11.3. The minimum absolute atomic E-state index is 0. The van der Waals surface area contributed by atoms with Crippen LogP contribution in [0, 0.1) is 13.8 Å². The van der Waals surface area contributed by atoms with Crippen LogP contribution in [0.3, 0.4) is 0 Å². The van der Waals surface area contributed by atoms with Crippen molar-refractivity contribution >= 4 is 12.4 Å². The SMILES string of the molecule is Cc1cc2c(cc1C)OC(c1nc(-c3ccc(CN)cc3)no1)C2.Cl. The second-order valence-corrected chi connectivity index (χ2v) is 6.21. The maximum Gasteiger partial charge on any atom is 0.268 e. The maximum atomic E-state index is 6.00. The van der Waals surface area contributed by atoms with Crippen molar-refractivity contribution in [2.45, 2.75) is 32.9 Å². The first-order valence-corrected chi connectivity index (χ1v) is 8.04. The van der Waals surface area contributed by atoms with Gasteiger partial charge in [-0.1, -0.05) is 35.5 Å². The zero-order valence-corrected chi connectivity index (χ0v) is 15.0. The molecule has 25 heavy (non-hydrogen) atoms. The Hall–Kier alpha value is -2.37. The Morgan fingerprint density at radius 3 is 2.56 bits per heavy atom. The summed E-state index contributed by atoms with van der Waals surface area (Å²) in [7, 11) is 0. The van der Waals surface area contributed by atoms with Crippen molar-refractivity contribution in [3.8, 4) is 17.1 Å². The summed E-state index contributed by atoms with van der Waals surface area (Å²) in [6.07, 6.45) is 0.537. The van der Waals surface area contributed by atoms with E-state index in [1.807, 2.05) is 24.3 Å². The molecule has 0 saturated carbocycles. The average molecular weight is 358 g/mol. The third-order valence-electron chi connectivity index (χ3n) is 4.52. The average Bonchev–Trinajstić information content (AvgIpc) is 3.22. The summed E-state index contributed by atoms with van der Waals surface area (Å²) < 4.78 is 11.4. The van der Waals surface area contributed by atoms with Crippen molar-refractivity contribution < 1.29 is 9.26 Å². The molecule has 2 N–H and O–H groups in total. The van der Waals surface area contributed by atoms with E-state index in [-0.39, 0.29) is 18.5 Å². The molecule has 1 aliphatic heterocycles. The molecule has 2 heterocycles. The number of aryl methyl sites for hydroxylation is 2. The van der Waals surface area contributed by atoms with Gasteiger partial charge in [0, 0.05) is 18.5 Å². The van der Waals surface area contributed by atoms with Crippen LogP contribution in [0.5, 0.6) is 5.75 Å². The zero-order chi connectivity index (χ0) is 16.7. The van der Waals surface area contributed by atoms with Gasteiger partial charge in [-0.3, -0.25) is 0 Å². The second kappa shape index (κ2) is 6.86. The quantitative estimate of drug-likeness (QED) is 0.769. The highest BCUT2D eigenvalue weighted by Gasteiger charge is 2.29. The standard InChI is InChI=1S/C19H19N3O2.ClH/c1-11-7-15-9-17(23-16(15)8-12(11)2)19-21-18(22-24-19)14-5-3-13(10-20)4-6-14;/h3-8,17H,9-10,20H2,1-2H3;1H. The van der Waals surface area contributed by atoms with Crippen LogP contribution in [-0.2, 0) is 13.0 Å². The number of fused-ring (bicyclic) bond motifs is 1. The molecule has 0 spiro atoms. The Bertz CT molecular complexity index is 859. The van der Waals surface area contributed by atoms with Crippen molar-refractivity contribution in [2.24, 2.45) is 5.73 Å². The van der Waals surface area contributed by atoms with Crippen molar-refractivity contribution in [2.75, 3.05) is 0 Å². The molecule has 2 aromatic carbocycles. The van der Waals surface area contributed by atoms with E-state index in [2.05, 4.69) is 36.1 Å². The van der Waals surface area contributed by atoms with Crippen molar-refractivity contribution in [3.05, 3.63) is 64.5 Å². The predicted molar refractivity (Wildman–Crippen MR) is 97.9 cm³/mol. The fourth-order valence-electron chi connectivity index (χ4n) is 2.92. The normalized spacial score (nSPS) is 15.4. The Morgan fingerprint density at radius 1 is 1.12 bits per heavy atom. The van der Waals surface area contributed by atoms with Gasteiger partial charge in [-0.2, -0.15) is 4.98 Å². The first-order chi connectivity index (χ1) is 11.6. The van der Waals surface area contributed by atoms with Gasteiger partial charge in [0.05, 0.1) is 0 Å². The molecule has 6 heteroatoms. The smallest absolute Gasteiger partial charge is 0.268 e. The van der Waals surface area contributed by atoms with Crippen molar-refractivity contribution in [1.82, 2.24) is 10.1 Å². The fraction of sp³-hybridized carbons (Fsp3) is 0.263. The van der Waals surface area contributed by atoms with Crippen LogP contribution in [0.4, 0.5) is 0 Å². The molecule has 0 aliphatic carbocycles. The molecule has 130 valence electrons. The lowest BCUT2D eigenvalue weighted by molar-refractivity contribution is 0.183. The van der Waals surface area contributed by atoms with Gasteiger partial charge in [0.2, 0.25) is 5.82 Å². The van der Waals surface area contributed by atoms with Crippen molar-refractivity contribution in [1.29, 1.82) is 0 Å². The van der Waals surface area contributed by atoms with E-state index in [9.17, 15) is 0 Å². The van der Waals surface area contributed by atoms with Gasteiger partial charge >= 0.3 is 0 Å². The topological polar surface area (TPSA) is 74.2 Å². The molecule has 0 radical (unpaired) electrons. The highest BCUT2D eigenvalue weighted by Crippen LogP contribution is 2.38. The van der Waals surface area contributed by atoms with E-state index < -0.39 is 0 Å². The minimum Gasteiger partial charge on any atom is -0.480 e. The van der Waals surface area contributed by atoms with Crippen molar-refractivity contribution in [3.63, 3.8) is 0 Å². The molecular formula is C19H20ClN3O2. The summed E-state index contributed by atoms with van der Waals surface area (Å²) in [4.78, 5) is 4.51. The number of rotatable bonds is 3. The molecule has 4 rings (SSSR count). The van der Waals surface area contributed by atoms with Gasteiger partial charge in [-0.05, 0) is 42.2 Å². The second-order valence-electron chi connectivity index (χ2n) is 6.21. The molecule has 0 fully saturated rings. The van der Waals surface area contributed by atoms with Gasteiger partial charge in [0.1, 0.15) is 5.75 Å². The zero-order valence-electron chi connectivity index (χ0n) is 14.2. The van der Waals surface area contributed by atoms with Gasteiger partial charge in [0.25, 0.3) is 5.89 Å². The number of aromatic nitrogens is 2. The molecule has 0 amide bonds. The number of nitrogens with zero attached hydrogens (tertiary/aromatic N) is 2. The lowest BCUT2D eigenvalue weighted by Crippen LogP contribution is -2.03. The van der Waals surface area contributed by atoms with Gasteiger partial charge in [0.15, 0.2) is 6.10 Å². The highest BCUT2D eigenvalue weighted by atomic mass is 35.5. The van der Waals surface area contributed by atoms with E-state index in [0.29, 0.717) is 18.3 Å². The van der Waals surface area contributed by atoms with Crippen LogP contribution < -0.4 is 10.5 Å².